The quantitative estimate of drug-likeness (QED) is 0.0409. The summed E-state index contributed by atoms with van der Waals surface area (Å²) in [7, 11) is 0. The molecule has 5 heteroatoms. The van der Waals surface area contributed by atoms with Gasteiger partial charge in [-0.3, -0.25) is 4.79 Å². The number of aliphatic hydroxyl groups is 1. The number of allylic oxidation sites excluding steroid dienone is 1. The minimum Gasteiger partial charge on any atom is -0.495 e. The summed E-state index contributed by atoms with van der Waals surface area (Å²) in [6.45, 7) is 14.8. The first kappa shape index (κ1) is 44.9. The standard InChI is InChI=1S/C41H81NO4/c1-5-8-11-14-15-22-29-38-45-41(44)33-26-19-17-21-28-35-42(36-37-43)34-27-20-16-18-23-30-39(4)46-40(31-24-12-9-6-2)32-25-13-10-7-3/h40,43H,4-38H2,1-3H3. The zero-order chi connectivity index (χ0) is 33.8. The van der Waals surface area contributed by atoms with Crippen LogP contribution in [-0.2, 0) is 14.3 Å². The van der Waals surface area contributed by atoms with Crippen LogP contribution < -0.4 is 0 Å². The molecule has 0 spiro atoms. The molecule has 0 aromatic carbocycles. The van der Waals surface area contributed by atoms with Gasteiger partial charge in [0.2, 0.25) is 0 Å². The third-order valence-electron chi connectivity index (χ3n) is 9.31. The van der Waals surface area contributed by atoms with Crippen LogP contribution in [0.4, 0.5) is 0 Å². The van der Waals surface area contributed by atoms with Crippen molar-refractivity contribution in [2.24, 2.45) is 0 Å². The number of carbonyl (C=O) groups is 1. The predicted molar refractivity (Wildman–Crippen MR) is 199 cm³/mol. The smallest absolute Gasteiger partial charge is 0.305 e. The van der Waals surface area contributed by atoms with Gasteiger partial charge in [-0.05, 0) is 70.9 Å². The second-order valence-electron chi connectivity index (χ2n) is 13.9. The summed E-state index contributed by atoms with van der Waals surface area (Å²) >= 11 is 0. The lowest BCUT2D eigenvalue weighted by Crippen LogP contribution is -2.29. The predicted octanol–water partition coefficient (Wildman–Crippen LogP) is 12.1. The highest BCUT2D eigenvalue weighted by molar-refractivity contribution is 5.69. The minimum atomic E-state index is -0.0201. The molecule has 0 atom stereocenters. The minimum absolute atomic E-state index is 0.0201. The van der Waals surface area contributed by atoms with E-state index in [0.29, 0.717) is 19.1 Å². The number of hydrogen-bond acceptors (Lipinski definition) is 5. The summed E-state index contributed by atoms with van der Waals surface area (Å²) in [6, 6.07) is 0. The molecule has 0 aliphatic carbocycles. The van der Waals surface area contributed by atoms with E-state index in [1.807, 2.05) is 0 Å². The largest absolute Gasteiger partial charge is 0.495 e. The van der Waals surface area contributed by atoms with E-state index in [-0.39, 0.29) is 12.6 Å². The molecular formula is C41H81NO4. The van der Waals surface area contributed by atoms with E-state index in [4.69, 9.17) is 9.47 Å². The van der Waals surface area contributed by atoms with Gasteiger partial charge < -0.3 is 19.5 Å². The Kier molecular flexibility index (Phi) is 35.9. The summed E-state index contributed by atoms with van der Waals surface area (Å²) in [5.41, 5.74) is 0. The van der Waals surface area contributed by atoms with Crippen LogP contribution in [0.25, 0.3) is 0 Å². The Morgan fingerprint density at radius 3 is 1.52 bits per heavy atom. The zero-order valence-electron chi connectivity index (χ0n) is 31.4. The number of rotatable bonds is 38. The Hall–Kier alpha value is -1.07. The summed E-state index contributed by atoms with van der Waals surface area (Å²) in [5, 5.41) is 9.52. The van der Waals surface area contributed by atoms with E-state index in [1.165, 1.54) is 154 Å². The number of nitrogens with zero attached hydrogens (tertiary/aromatic N) is 1. The number of unbranched alkanes of at least 4 members (excludes halogenated alkanes) is 20. The van der Waals surface area contributed by atoms with E-state index in [0.717, 1.165) is 51.1 Å². The van der Waals surface area contributed by atoms with Crippen molar-refractivity contribution in [1.29, 1.82) is 0 Å². The SMILES string of the molecule is C=C(CCCCCCCN(CCO)CCCCCCCC(=O)OCCCCCCCCC)OC(CCCCCC)CCCCCC. The van der Waals surface area contributed by atoms with E-state index in [1.54, 1.807) is 0 Å². The molecular weight excluding hydrogens is 570 g/mol. The Bertz CT molecular complexity index is 628. The molecule has 0 bridgehead atoms. The summed E-state index contributed by atoms with van der Waals surface area (Å²) < 4.78 is 11.8. The van der Waals surface area contributed by atoms with E-state index >= 15 is 0 Å². The van der Waals surface area contributed by atoms with E-state index in [9.17, 15) is 9.90 Å². The molecule has 0 aromatic rings. The fraction of sp³-hybridized carbons (Fsp3) is 0.927. The van der Waals surface area contributed by atoms with Crippen molar-refractivity contribution in [2.45, 2.75) is 213 Å². The summed E-state index contributed by atoms with van der Waals surface area (Å²) in [5.74, 6) is 0.984. The van der Waals surface area contributed by atoms with Gasteiger partial charge in [0.15, 0.2) is 0 Å². The van der Waals surface area contributed by atoms with Crippen LogP contribution in [-0.4, -0.2) is 54.9 Å². The van der Waals surface area contributed by atoms with Crippen molar-refractivity contribution in [3.05, 3.63) is 12.3 Å². The van der Waals surface area contributed by atoms with Crippen molar-refractivity contribution in [1.82, 2.24) is 4.90 Å². The maximum atomic E-state index is 12.0. The van der Waals surface area contributed by atoms with Gasteiger partial charge in [0.25, 0.3) is 0 Å². The van der Waals surface area contributed by atoms with Crippen molar-refractivity contribution in [2.75, 3.05) is 32.8 Å². The van der Waals surface area contributed by atoms with Crippen molar-refractivity contribution >= 4 is 5.97 Å². The highest BCUT2D eigenvalue weighted by Gasteiger charge is 2.11. The molecule has 0 amide bonds. The number of hydrogen-bond donors (Lipinski definition) is 1. The van der Waals surface area contributed by atoms with Crippen LogP contribution >= 0.6 is 0 Å². The van der Waals surface area contributed by atoms with Gasteiger partial charge >= 0.3 is 5.97 Å². The van der Waals surface area contributed by atoms with E-state index in [2.05, 4.69) is 32.3 Å². The van der Waals surface area contributed by atoms with Crippen LogP contribution in [0.1, 0.15) is 207 Å². The normalized spacial score (nSPS) is 11.5. The van der Waals surface area contributed by atoms with Gasteiger partial charge in [0.05, 0.1) is 25.1 Å². The number of aliphatic hydroxyl groups excluding tert-OH is 1. The molecule has 0 unspecified atom stereocenters. The molecule has 1 N–H and O–H groups in total. The third kappa shape index (κ3) is 32.9. The van der Waals surface area contributed by atoms with Gasteiger partial charge in [-0.25, -0.2) is 0 Å². The first-order chi connectivity index (χ1) is 22.6. The molecule has 0 rings (SSSR count). The number of ether oxygens (including phenoxy) is 2. The van der Waals surface area contributed by atoms with Gasteiger partial charge in [-0.15, -0.1) is 0 Å². The Morgan fingerprint density at radius 2 is 1.00 bits per heavy atom. The molecule has 0 aliphatic rings. The molecule has 274 valence electrons. The fourth-order valence-corrected chi connectivity index (χ4v) is 6.27. The van der Waals surface area contributed by atoms with Crippen LogP contribution in [0.5, 0.6) is 0 Å². The van der Waals surface area contributed by atoms with Gasteiger partial charge in [-0.2, -0.15) is 0 Å². The van der Waals surface area contributed by atoms with Gasteiger partial charge in [0, 0.05) is 19.4 Å². The van der Waals surface area contributed by atoms with Crippen LogP contribution in [0, 0.1) is 0 Å². The Balaban J connectivity index is 3.83. The molecule has 0 aromatic heterocycles. The maximum Gasteiger partial charge on any atom is 0.305 e. The Labute approximate surface area is 288 Å². The van der Waals surface area contributed by atoms with Gasteiger partial charge in [-0.1, -0.05) is 143 Å². The average Bonchev–Trinajstić information content (AvgIpc) is 3.05. The summed E-state index contributed by atoms with van der Waals surface area (Å²) in [6.07, 6.45) is 35.2. The van der Waals surface area contributed by atoms with E-state index < -0.39 is 0 Å². The second-order valence-corrected chi connectivity index (χ2v) is 13.9. The molecule has 0 fully saturated rings. The zero-order valence-corrected chi connectivity index (χ0v) is 31.4. The first-order valence-corrected chi connectivity index (χ1v) is 20.4. The highest BCUT2D eigenvalue weighted by atomic mass is 16.5. The lowest BCUT2D eigenvalue weighted by molar-refractivity contribution is -0.143. The number of esters is 1. The summed E-state index contributed by atoms with van der Waals surface area (Å²) in [4.78, 5) is 14.4. The van der Waals surface area contributed by atoms with Crippen molar-refractivity contribution in [3.8, 4) is 0 Å². The topological polar surface area (TPSA) is 59.0 Å². The highest BCUT2D eigenvalue weighted by Crippen LogP contribution is 2.20. The van der Waals surface area contributed by atoms with Crippen molar-refractivity contribution in [3.63, 3.8) is 0 Å². The molecule has 0 radical (unpaired) electrons. The molecule has 0 saturated carbocycles. The molecule has 0 aliphatic heterocycles. The van der Waals surface area contributed by atoms with Gasteiger partial charge in [0.1, 0.15) is 0 Å². The molecule has 0 heterocycles. The monoisotopic (exact) mass is 652 g/mol. The Morgan fingerprint density at radius 1 is 0.565 bits per heavy atom. The molecule has 0 saturated heterocycles. The average molecular weight is 652 g/mol. The lowest BCUT2D eigenvalue weighted by atomic mass is 10.0. The van der Waals surface area contributed by atoms with Crippen LogP contribution in [0.2, 0.25) is 0 Å². The maximum absolute atomic E-state index is 12.0. The number of carbonyl (C=O) groups excluding carboxylic acids is 1. The molecule has 46 heavy (non-hydrogen) atoms. The third-order valence-corrected chi connectivity index (χ3v) is 9.31. The molecule has 5 nitrogen and oxygen atoms in total. The second kappa shape index (κ2) is 36.8. The van der Waals surface area contributed by atoms with Crippen molar-refractivity contribution < 1.29 is 19.4 Å². The van der Waals surface area contributed by atoms with Crippen LogP contribution in [0.15, 0.2) is 12.3 Å². The van der Waals surface area contributed by atoms with Crippen LogP contribution in [0.3, 0.4) is 0 Å². The first-order valence-electron chi connectivity index (χ1n) is 20.4. The lowest BCUT2D eigenvalue weighted by Gasteiger charge is -2.21. The fourth-order valence-electron chi connectivity index (χ4n) is 6.27.